The number of nitrogens with two attached hydrogens (primary N) is 1. The largest absolute Gasteiger partial charge is 0.315 e. The van der Waals surface area contributed by atoms with Crippen molar-refractivity contribution in [3.05, 3.63) is 71.0 Å². The number of carbonyl (C=O) groups excluding carboxylic acids is 1. The third kappa shape index (κ3) is 2.56. The van der Waals surface area contributed by atoms with Crippen molar-refractivity contribution in [1.29, 1.82) is 0 Å². The first-order chi connectivity index (χ1) is 8.93. The van der Waals surface area contributed by atoms with Crippen molar-refractivity contribution in [3.8, 4) is 0 Å². The van der Waals surface area contributed by atoms with Crippen LogP contribution in [0.5, 0.6) is 0 Å². The molecule has 2 rings (SSSR count). The van der Waals surface area contributed by atoms with E-state index in [1.807, 2.05) is 30.3 Å². The van der Waals surface area contributed by atoms with Crippen molar-refractivity contribution < 1.29 is 9.18 Å². The first kappa shape index (κ1) is 13.4. The van der Waals surface area contributed by atoms with Gasteiger partial charge in [0.1, 0.15) is 11.4 Å². The maximum Gasteiger partial charge on any atom is 0.186 e. The van der Waals surface area contributed by atoms with Gasteiger partial charge in [-0.1, -0.05) is 30.3 Å². The lowest BCUT2D eigenvalue weighted by Gasteiger charge is -2.24. The molecule has 0 saturated carbocycles. The zero-order valence-electron chi connectivity index (χ0n) is 11.0. The molecule has 0 aliphatic heterocycles. The fraction of sp³-hybridized carbons (Fsp3) is 0.188. The van der Waals surface area contributed by atoms with Gasteiger partial charge in [-0.15, -0.1) is 0 Å². The van der Waals surface area contributed by atoms with E-state index >= 15 is 0 Å². The molecule has 2 N–H and O–H groups in total. The van der Waals surface area contributed by atoms with E-state index in [0.29, 0.717) is 11.1 Å². The van der Waals surface area contributed by atoms with E-state index < -0.39 is 5.54 Å². The summed E-state index contributed by atoms with van der Waals surface area (Å²) >= 11 is 0. The summed E-state index contributed by atoms with van der Waals surface area (Å²) < 4.78 is 13.2. The first-order valence-corrected chi connectivity index (χ1v) is 6.08. The van der Waals surface area contributed by atoms with Crippen LogP contribution in [0.2, 0.25) is 0 Å². The van der Waals surface area contributed by atoms with E-state index in [2.05, 4.69) is 0 Å². The van der Waals surface area contributed by atoms with Crippen LogP contribution < -0.4 is 5.73 Å². The van der Waals surface area contributed by atoms with Crippen molar-refractivity contribution in [2.45, 2.75) is 19.4 Å². The minimum Gasteiger partial charge on any atom is -0.315 e. The molecule has 0 amide bonds. The molecule has 0 spiro atoms. The summed E-state index contributed by atoms with van der Waals surface area (Å²) in [6, 6.07) is 13.5. The van der Waals surface area contributed by atoms with Gasteiger partial charge in [0.2, 0.25) is 0 Å². The van der Waals surface area contributed by atoms with Crippen molar-refractivity contribution >= 4 is 5.78 Å². The fourth-order valence-corrected chi connectivity index (χ4v) is 2.00. The maximum atomic E-state index is 13.2. The molecule has 0 bridgehead atoms. The summed E-state index contributed by atoms with van der Waals surface area (Å²) in [7, 11) is 0. The topological polar surface area (TPSA) is 43.1 Å². The number of carbonyl (C=O) groups is 1. The molecule has 2 aromatic rings. The third-order valence-electron chi connectivity index (χ3n) is 3.27. The van der Waals surface area contributed by atoms with E-state index in [0.717, 1.165) is 5.56 Å². The van der Waals surface area contributed by atoms with Gasteiger partial charge in [0.05, 0.1) is 0 Å². The van der Waals surface area contributed by atoms with Crippen LogP contribution in [0.1, 0.15) is 28.4 Å². The van der Waals surface area contributed by atoms with Gasteiger partial charge in [-0.25, -0.2) is 4.39 Å². The second kappa shape index (κ2) is 4.94. The van der Waals surface area contributed by atoms with E-state index in [-0.39, 0.29) is 11.6 Å². The zero-order chi connectivity index (χ0) is 14.0. The van der Waals surface area contributed by atoms with E-state index in [1.54, 1.807) is 13.8 Å². The third-order valence-corrected chi connectivity index (χ3v) is 3.27. The Balaban J connectivity index is 2.40. The van der Waals surface area contributed by atoms with Gasteiger partial charge in [-0.3, -0.25) is 4.79 Å². The lowest BCUT2D eigenvalue weighted by atomic mass is 9.85. The predicted octanol–water partition coefficient (Wildman–Crippen LogP) is 3.19. The van der Waals surface area contributed by atoms with Gasteiger partial charge < -0.3 is 5.73 Å². The van der Waals surface area contributed by atoms with Crippen molar-refractivity contribution in [3.63, 3.8) is 0 Å². The molecule has 0 saturated heterocycles. The predicted molar refractivity (Wildman–Crippen MR) is 73.4 cm³/mol. The van der Waals surface area contributed by atoms with Crippen molar-refractivity contribution in [2.75, 3.05) is 0 Å². The highest BCUT2D eigenvalue weighted by Gasteiger charge is 2.31. The van der Waals surface area contributed by atoms with Gasteiger partial charge in [-0.05, 0) is 43.2 Å². The summed E-state index contributed by atoms with van der Waals surface area (Å²) in [5.74, 6) is -0.545. The molecule has 98 valence electrons. The quantitative estimate of drug-likeness (QED) is 0.858. The van der Waals surface area contributed by atoms with E-state index in [4.69, 9.17) is 5.73 Å². The minimum atomic E-state index is -1.12. The summed E-state index contributed by atoms with van der Waals surface area (Å²) in [5, 5.41) is 0. The SMILES string of the molecule is Cc1cc(C(=O)C(C)(N)c2ccccc2)ccc1F. The lowest BCUT2D eigenvalue weighted by Crippen LogP contribution is -2.41. The number of hydrogen-bond acceptors (Lipinski definition) is 2. The molecule has 0 radical (unpaired) electrons. The van der Waals surface area contributed by atoms with Crippen molar-refractivity contribution in [1.82, 2.24) is 0 Å². The number of rotatable bonds is 3. The zero-order valence-corrected chi connectivity index (χ0v) is 11.0. The Hall–Kier alpha value is -2.00. The van der Waals surface area contributed by atoms with Crippen LogP contribution in [0.3, 0.4) is 0 Å². The molecule has 0 heterocycles. The van der Waals surface area contributed by atoms with Crippen LogP contribution in [0.25, 0.3) is 0 Å². The summed E-state index contributed by atoms with van der Waals surface area (Å²) in [5.41, 5.74) is 6.64. The molecule has 3 heteroatoms. The molecular formula is C16H16FNO. The van der Waals surface area contributed by atoms with Gasteiger partial charge in [0.15, 0.2) is 5.78 Å². The summed E-state index contributed by atoms with van der Waals surface area (Å²) in [6.07, 6.45) is 0. The van der Waals surface area contributed by atoms with Gasteiger partial charge in [0, 0.05) is 5.56 Å². The molecule has 0 aliphatic rings. The highest BCUT2D eigenvalue weighted by atomic mass is 19.1. The monoisotopic (exact) mass is 257 g/mol. The number of Topliss-reactive ketones (excluding diaryl/α,β-unsaturated/α-hetero) is 1. The normalized spacial score (nSPS) is 13.9. The van der Waals surface area contributed by atoms with Crippen LogP contribution in [-0.2, 0) is 5.54 Å². The summed E-state index contributed by atoms with van der Waals surface area (Å²) in [4.78, 5) is 12.5. The van der Waals surface area contributed by atoms with Gasteiger partial charge in [0.25, 0.3) is 0 Å². The first-order valence-electron chi connectivity index (χ1n) is 6.08. The minimum absolute atomic E-state index is 0.221. The molecule has 1 unspecified atom stereocenters. The average Bonchev–Trinajstić information content (AvgIpc) is 2.42. The molecular weight excluding hydrogens is 241 g/mol. The number of aryl methyl sites for hydroxylation is 1. The molecule has 0 aliphatic carbocycles. The van der Waals surface area contributed by atoms with Crippen LogP contribution in [-0.4, -0.2) is 5.78 Å². The van der Waals surface area contributed by atoms with Crippen LogP contribution in [0.15, 0.2) is 48.5 Å². The summed E-state index contributed by atoms with van der Waals surface area (Å²) in [6.45, 7) is 3.30. The molecule has 1 atom stereocenters. The molecule has 2 nitrogen and oxygen atoms in total. The second-order valence-corrected chi connectivity index (χ2v) is 4.86. The van der Waals surface area contributed by atoms with E-state index in [1.165, 1.54) is 18.2 Å². The molecule has 2 aromatic carbocycles. The average molecular weight is 257 g/mol. The van der Waals surface area contributed by atoms with Crippen molar-refractivity contribution in [2.24, 2.45) is 5.73 Å². The highest BCUT2D eigenvalue weighted by molar-refractivity contribution is 6.03. The Bertz CT molecular complexity index is 605. The number of hydrogen-bond donors (Lipinski definition) is 1. The van der Waals surface area contributed by atoms with Crippen LogP contribution in [0, 0.1) is 12.7 Å². The Morgan fingerprint density at radius 1 is 1.16 bits per heavy atom. The molecule has 0 aromatic heterocycles. The highest BCUT2D eigenvalue weighted by Crippen LogP contribution is 2.23. The Labute approximate surface area is 112 Å². The maximum absolute atomic E-state index is 13.2. The smallest absolute Gasteiger partial charge is 0.186 e. The Morgan fingerprint density at radius 2 is 1.79 bits per heavy atom. The van der Waals surface area contributed by atoms with E-state index in [9.17, 15) is 9.18 Å². The number of benzene rings is 2. The van der Waals surface area contributed by atoms with Crippen LogP contribution >= 0.6 is 0 Å². The fourth-order valence-electron chi connectivity index (χ4n) is 2.00. The second-order valence-electron chi connectivity index (χ2n) is 4.86. The lowest BCUT2D eigenvalue weighted by molar-refractivity contribution is 0.0900. The Morgan fingerprint density at radius 3 is 2.37 bits per heavy atom. The molecule has 0 fully saturated rings. The van der Waals surface area contributed by atoms with Gasteiger partial charge in [-0.2, -0.15) is 0 Å². The standard InChI is InChI=1S/C16H16FNO/c1-11-10-12(8-9-14(11)17)15(19)16(2,18)13-6-4-3-5-7-13/h3-10H,18H2,1-2H3. The Kier molecular flexibility index (Phi) is 3.49. The number of halogens is 1. The molecule has 19 heavy (non-hydrogen) atoms. The number of ketones is 1. The van der Waals surface area contributed by atoms with Crippen LogP contribution in [0.4, 0.5) is 4.39 Å². The van der Waals surface area contributed by atoms with Gasteiger partial charge >= 0.3 is 0 Å².